The zero-order valence-corrected chi connectivity index (χ0v) is 10.5. The minimum atomic E-state index is -0.0126. The maximum Gasteiger partial charge on any atom is 0.126 e. The summed E-state index contributed by atoms with van der Waals surface area (Å²) < 4.78 is 1.75. The van der Waals surface area contributed by atoms with Crippen molar-refractivity contribution in [1.29, 1.82) is 5.41 Å². The summed E-state index contributed by atoms with van der Waals surface area (Å²) in [4.78, 5) is 4.33. The molecule has 0 saturated heterocycles. The van der Waals surface area contributed by atoms with Crippen molar-refractivity contribution >= 4 is 16.7 Å². The molecule has 0 aliphatic carbocycles. The molecule has 3 aromatic rings. The largest absolute Gasteiger partial charge is 0.384 e. The Labute approximate surface area is 110 Å². The molecule has 2 aromatic heterocycles. The van der Waals surface area contributed by atoms with Gasteiger partial charge in [0.1, 0.15) is 5.84 Å². The number of aryl methyl sites for hydroxylation is 1. The molecule has 5 nitrogen and oxygen atoms in total. The van der Waals surface area contributed by atoms with E-state index >= 15 is 0 Å². The third-order valence-electron chi connectivity index (χ3n) is 2.99. The van der Waals surface area contributed by atoms with Crippen LogP contribution < -0.4 is 5.73 Å². The molecule has 2 heterocycles. The average Bonchev–Trinajstić information content (AvgIpc) is 2.83. The Bertz CT molecular complexity index is 772. The number of para-hydroxylation sites is 1. The van der Waals surface area contributed by atoms with Crippen molar-refractivity contribution in [3.63, 3.8) is 0 Å². The summed E-state index contributed by atoms with van der Waals surface area (Å²) in [5.41, 5.74) is 8.80. The molecule has 0 amide bonds. The van der Waals surface area contributed by atoms with E-state index in [-0.39, 0.29) is 5.84 Å². The van der Waals surface area contributed by atoms with Gasteiger partial charge in [-0.05, 0) is 19.1 Å². The van der Waals surface area contributed by atoms with Crippen LogP contribution >= 0.6 is 0 Å². The molecule has 94 valence electrons. The molecule has 0 aliphatic heterocycles. The van der Waals surface area contributed by atoms with Gasteiger partial charge in [0.05, 0.1) is 22.5 Å². The molecule has 3 N–H and O–H groups in total. The fourth-order valence-corrected chi connectivity index (χ4v) is 2.11. The van der Waals surface area contributed by atoms with Gasteiger partial charge in [0.15, 0.2) is 0 Å². The van der Waals surface area contributed by atoms with E-state index in [9.17, 15) is 0 Å². The van der Waals surface area contributed by atoms with Gasteiger partial charge in [-0.15, -0.1) is 0 Å². The molecule has 0 fully saturated rings. The Morgan fingerprint density at radius 1 is 1.26 bits per heavy atom. The van der Waals surface area contributed by atoms with Crippen molar-refractivity contribution < 1.29 is 0 Å². The summed E-state index contributed by atoms with van der Waals surface area (Å²) >= 11 is 0. The van der Waals surface area contributed by atoms with Crippen LogP contribution in [0.4, 0.5) is 0 Å². The molecule has 0 aliphatic rings. The minimum Gasteiger partial charge on any atom is -0.384 e. The van der Waals surface area contributed by atoms with Gasteiger partial charge in [-0.1, -0.05) is 18.2 Å². The number of pyridine rings is 1. The van der Waals surface area contributed by atoms with Crippen molar-refractivity contribution in [2.45, 2.75) is 6.92 Å². The zero-order chi connectivity index (χ0) is 13.4. The number of nitrogens with one attached hydrogen (secondary N) is 1. The smallest absolute Gasteiger partial charge is 0.126 e. The van der Waals surface area contributed by atoms with Crippen molar-refractivity contribution in [2.24, 2.45) is 5.73 Å². The van der Waals surface area contributed by atoms with Crippen LogP contribution in [0, 0.1) is 12.3 Å². The predicted molar refractivity (Wildman–Crippen MR) is 74.6 cm³/mol. The molecule has 19 heavy (non-hydrogen) atoms. The van der Waals surface area contributed by atoms with E-state index in [1.54, 1.807) is 10.9 Å². The molecule has 3 rings (SSSR count). The number of nitrogen functional groups attached to an aromatic ring is 1. The molecule has 1 aromatic carbocycles. The Morgan fingerprint density at radius 3 is 2.74 bits per heavy atom. The number of benzene rings is 1. The number of amidine groups is 1. The van der Waals surface area contributed by atoms with E-state index in [1.165, 1.54) is 0 Å². The summed E-state index contributed by atoms with van der Waals surface area (Å²) in [5.74, 6) is -0.0126. The Kier molecular flexibility index (Phi) is 2.52. The lowest BCUT2D eigenvalue weighted by atomic mass is 10.1. The topological polar surface area (TPSA) is 80.6 Å². The molecule has 0 unspecified atom stereocenters. The van der Waals surface area contributed by atoms with Gasteiger partial charge in [-0.2, -0.15) is 5.10 Å². The maximum absolute atomic E-state index is 7.70. The van der Waals surface area contributed by atoms with Crippen molar-refractivity contribution in [3.05, 3.63) is 54.0 Å². The lowest BCUT2D eigenvalue weighted by Gasteiger charge is -2.11. The standard InChI is InChI=1S/C14H13N5/c1-9-6-7-19(18-9)13-10-4-2-3-5-12(10)17-8-11(13)14(15)16/h2-8H,1H3,(H3,15,16). The summed E-state index contributed by atoms with van der Waals surface area (Å²) in [6.07, 6.45) is 3.49. The summed E-state index contributed by atoms with van der Waals surface area (Å²) in [5, 5.41) is 13.0. The second-order valence-corrected chi connectivity index (χ2v) is 4.35. The number of hydrogen-bond acceptors (Lipinski definition) is 3. The summed E-state index contributed by atoms with van der Waals surface area (Å²) in [6, 6.07) is 9.67. The van der Waals surface area contributed by atoms with Crippen LogP contribution in [0.15, 0.2) is 42.7 Å². The number of fused-ring (bicyclic) bond motifs is 1. The molecule has 0 radical (unpaired) electrons. The average molecular weight is 251 g/mol. The highest BCUT2D eigenvalue weighted by Gasteiger charge is 2.13. The first kappa shape index (κ1) is 11.4. The second-order valence-electron chi connectivity index (χ2n) is 4.35. The van der Waals surface area contributed by atoms with Crippen LogP contribution in [-0.2, 0) is 0 Å². The van der Waals surface area contributed by atoms with Crippen molar-refractivity contribution in [2.75, 3.05) is 0 Å². The predicted octanol–water partition coefficient (Wildman–Crippen LogP) is 2.01. The van der Waals surface area contributed by atoms with Gasteiger partial charge in [-0.25, -0.2) is 4.68 Å². The van der Waals surface area contributed by atoms with Crippen LogP contribution in [0.1, 0.15) is 11.3 Å². The van der Waals surface area contributed by atoms with Gasteiger partial charge >= 0.3 is 0 Å². The third kappa shape index (κ3) is 1.85. The van der Waals surface area contributed by atoms with Crippen molar-refractivity contribution in [1.82, 2.24) is 14.8 Å². The maximum atomic E-state index is 7.70. The zero-order valence-electron chi connectivity index (χ0n) is 10.5. The van der Waals surface area contributed by atoms with Gasteiger partial charge in [0.25, 0.3) is 0 Å². The number of nitrogens with zero attached hydrogens (tertiary/aromatic N) is 3. The SMILES string of the molecule is Cc1ccn(-c2c(C(=N)N)cnc3ccccc23)n1. The fraction of sp³-hybridized carbons (Fsp3) is 0.0714. The van der Waals surface area contributed by atoms with Crippen LogP contribution in [0.5, 0.6) is 0 Å². The second kappa shape index (κ2) is 4.20. The molecule has 5 heteroatoms. The number of nitrogens with two attached hydrogens (primary N) is 1. The highest BCUT2D eigenvalue weighted by molar-refractivity contribution is 6.04. The molecule has 0 atom stereocenters. The van der Waals surface area contributed by atoms with Gasteiger partial charge in [0, 0.05) is 17.8 Å². The summed E-state index contributed by atoms with van der Waals surface area (Å²) in [7, 11) is 0. The molecule has 0 saturated carbocycles. The van der Waals surface area contributed by atoms with Gasteiger partial charge in [-0.3, -0.25) is 10.4 Å². The fourth-order valence-electron chi connectivity index (χ4n) is 2.11. The van der Waals surface area contributed by atoms with E-state index in [4.69, 9.17) is 11.1 Å². The molecular formula is C14H13N5. The van der Waals surface area contributed by atoms with E-state index < -0.39 is 0 Å². The van der Waals surface area contributed by atoms with Gasteiger partial charge in [0.2, 0.25) is 0 Å². The van der Waals surface area contributed by atoms with Gasteiger partial charge < -0.3 is 5.73 Å². The third-order valence-corrected chi connectivity index (χ3v) is 2.99. The molecule has 0 bridgehead atoms. The highest BCUT2D eigenvalue weighted by Crippen LogP contribution is 2.23. The lowest BCUT2D eigenvalue weighted by Crippen LogP contribution is -2.16. The monoisotopic (exact) mass is 251 g/mol. The highest BCUT2D eigenvalue weighted by atomic mass is 15.3. The van der Waals surface area contributed by atoms with Crippen LogP contribution in [0.25, 0.3) is 16.6 Å². The normalized spacial score (nSPS) is 10.8. The van der Waals surface area contributed by atoms with E-state index in [0.29, 0.717) is 5.56 Å². The quantitative estimate of drug-likeness (QED) is 0.540. The van der Waals surface area contributed by atoms with Crippen LogP contribution in [0.2, 0.25) is 0 Å². The Morgan fingerprint density at radius 2 is 2.05 bits per heavy atom. The van der Waals surface area contributed by atoms with Crippen molar-refractivity contribution in [3.8, 4) is 5.69 Å². The first-order valence-corrected chi connectivity index (χ1v) is 5.91. The summed E-state index contributed by atoms with van der Waals surface area (Å²) in [6.45, 7) is 1.92. The lowest BCUT2D eigenvalue weighted by molar-refractivity contribution is 0.865. The minimum absolute atomic E-state index is 0.0126. The van der Waals surface area contributed by atoms with E-state index in [1.807, 2.05) is 43.5 Å². The van der Waals surface area contributed by atoms with Crippen LogP contribution in [-0.4, -0.2) is 20.6 Å². The number of rotatable bonds is 2. The first-order chi connectivity index (χ1) is 9.16. The Balaban J connectivity index is 2.41. The molecule has 0 spiro atoms. The first-order valence-electron chi connectivity index (χ1n) is 5.91. The molecular weight excluding hydrogens is 238 g/mol. The Hall–Kier alpha value is -2.69. The van der Waals surface area contributed by atoms with E-state index in [0.717, 1.165) is 22.3 Å². The number of hydrogen-bond donors (Lipinski definition) is 2. The number of aromatic nitrogens is 3. The van der Waals surface area contributed by atoms with Crippen LogP contribution in [0.3, 0.4) is 0 Å². The van der Waals surface area contributed by atoms with E-state index in [2.05, 4.69) is 10.1 Å².